The van der Waals surface area contributed by atoms with E-state index in [0.29, 0.717) is 17.5 Å². The molecule has 2 N–H and O–H groups in total. The summed E-state index contributed by atoms with van der Waals surface area (Å²) in [5, 5.41) is 0. The molecule has 17 heavy (non-hydrogen) atoms. The van der Waals surface area contributed by atoms with Crippen LogP contribution < -0.4 is 10.5 Å². The van der Waals surface area contributed by atoms with Crippen molar-refractivity contribution in [3.63, 3.8) is 0 Å². The van der Waals surface area contributed by atoms with Crippen molar-refractivity contribution in [2.45, 2.75) is 11.8 Å². The van der Waals surface area contributed by atoms with Crippen molar-refractivity contribution in [1.29, 1.82) is 0 Å². The van der Waals surface area contributed by atoms with Crippen molar-refractivity contribution in [1.82, 2.24) is 9.97 Å². The molecule has 5 heteroatoms. The fraction of sp³-hybridized carbons (Fsp3) is 0.167. The van der Waals surface area contributed by atoms with E-state index in [9.17, 15) is 0 Å². The Bertz CT molecular complexity index is 511. The van der Waals surface area contributed by atoms with Crippen LogP contribution in [0.3, 0.4) is 0 Å². The maximum Gasteiger partial charge on any atom is 0.224 e. The van der Waals surface area contributed by atoms with Gasteiger partial charge in [0.25, 0.3) is 0 Å². The largest absolute Gasteiger partial charge is 0.438 e. The number of thioether (sulfide) groups is 1. The van der Waals surface area contributed by atoms with Crippen LogP contribution in [0.4, 0.5) is 5.82 Å². The number of hydrogen-bond acceptors (Lipinski definition) is 5. The van der Waals surface area contributed by atoms with Gasteiger partial charge in [-0.3, -0.25) is 0 Å². The van der Waals surface area contributed by atoms with Gasteiger partial charge >= 0.3 is 0 Å². The highest BCUT2D eigenvalue weighted by molar-refractivity contribution is 7.98. The maximum atomic E-state index is 5.71. The first-order valence-electron chi connectivity index (χ1n) is 5.11. The summed E-state index contributed by atoms with van der Waals surface area (Å²) in [6, 6.07) is 9.41. The Morgan fingerprint density at radius 1 is 1.24 bits per heavy atom. The summed E-state index contributed by atoms with van der Waals surface area (Å²) in [5.41, 5.74) is 5.65. The molecule has 0 fully saturated rings. The topological polar surface area (TPSA) is 61.0 Å². The molecule has 0 spiro atoms. The number of nitrogens with zero attached hydrogens (tertiary/aromatic N) is 2. The molecule has 0 unspecified atom stereocenters. The number of benzene rings is 1. The predicted molar refractivity (Wildman–Crippen MR) is 69.5 cm³/mol. The third-order valence-corrected chi connectivity index (χ3v) is 2.89. The Kier molecular flexibility index (Phi) is 3.49. The zero-order valence-corrected chi connectivity index (χ0v) is 10.5. The first kappa shape index (κ1) is 11.7. The number of hydrogen-bond donors (Lipinski definition) is 1. The van der Waals surface area contributed by atoms with Crippen LogP contribution in [0.2, 0.25) is 0 Å². The van der Waals surface area contributed by atoms with Gasteiger partial charge in [-0.15, -0.1) is 11.8 Å². The molecule has 2 aromatic rings. The van der Waals surface area contributed by atoms with Crippen molar-refractivity contribution in [3.05, 3.63) is 36.2 Å². The number of anilines is 1. The molecule has 1 aromatic heterocycles. The van der Waals surface area contributed by atoms with Crippen molar-refractivity contribution in [3.8, 4) is 11.6 Å². The van der Waals surface area contributed by atoms with Crippen LogP contribution in [-0.4, -0.2) is 16.2 Å². The van der Waals surface area contributed by atoms with Gasteiger partial charge in [0.15, 0.2) is 0 Å². The molecule has 0 atom stereocenters. The van der Waals surface area contributed by atoms with Gasteiger partial charge < -0.3 is 10.5 Å². The third kappa shape index (κ3) is 2.88. The standard InChI is InChI=1S/C12H13N3OS/c1-8-14-11(13)7-12(15-8)16-9-5-3-4-6-10(9)17-2/h3-7H,1-2H3,(H2,13,14,15). The number of para-hydroxylation sites is 1. The second kappa shape index (κ2) is 5.05. The van der Waals surface area contributed by atoms with Crippen LogP contribution in [0.15, 0.2) is 35.2 Å². The smallest absolute Gasteiger partial charge is 0.224 e. The maximum absolute atomic E-state index is 5.71. The normalized spacial score (nSPS) is 10.2. The van der Waals surface area contributed by atoms with E-state index in [2.05, 4.69) is 9.97 Å². The molecule has 0 amide bonds. The minimum absolute atomic E-state index is 0.411. The van der Waals surface area contributed by atoms with Gasteiger partial charge in [0.05, 0.1) is 0 Å². The van der Waals surface area contributed by atoms with Crippen molar-refractivity contribution in [2.75, 3.05) is 12.0 Å². The number of ether oxygens (including phenoxy) is 1. The van der Waals surface area contributed by atoms with Gasteiger partial charge in [0.2, 0.25) is 5.88 Å². The van der Waals surface area contributed by atoms with E-state index in [0.717, 1.165) is 10.6 Å². The first-order chi connectivity index (χ1) is 8.19. The average molecular weight is 247 g/mol. The summed E-state index contributed by atoms with van der Waals surface area (Å²) in [4.78, 5) is 9.24. The van der Waals surface area contributed by atoms with Crippen LogP contribution in [0.1, 0.15) is 5.82 Å². The zero-order chi connectivity index (χ0) is 12.3. The Morgan fingerprint density at radius 2 is 2.00 bits per heavy atom. The summed E-state index contributed by atoms with van der Waals surface area (Å²) in [6.07, 6.45) is 2.00. The summed E-state index contributed by atoms with van der Waals surface area (Å²) in [6.45, 7) is 1.78. The van der Waals surface area contributed by atoms with Crippen LogP contribution in [0.5, 0.6) is 11.6 Å². The van der Waals surface area contributed by atoms with Crippen LogP contribution in [0, 0.1) is 6.92 Å². The Morgan fingerprint density at radius 3 is 2.71 bits per heavy atom. The Balaban J connectivity index is 2.31. The molecule has 0 aliphatic rings. The summed E-state index contributed by atoms with van der Waals surface area (Å²) < 4.78 is 5.71. The Hall–Kier alpha value is -1.75. The van der Waals surface area contributed by atoms with E-state index in [1.807, 2.05) is 30.5 Å². The quantitative estimate of drug-likeness (QED) is 0.845. The number of nitrogen functional groups attached to an aromatic ring is 1. The van der Waals surface area contributed by atoms with Gasteiger partial charge in [0.1, 0.15) is 17.4 Å². The van der Waals surface area contributed by atoms with Crippen molar-refractivity contribution >= 4 is 17.6 Å². The SMILES string of the molecule is CSc1ccccc1Oc1cc(N)nc(C)n1. The molecule has 0 bridgehead atoms. The number of nitrogens with two attached hydrogens (primary N) is 1. The monoisotopic (exact) mass is 247 g/mol. The number of rotatable bonds is 3. The fourth-order valence-corrected chi connectivity index (χ4v) is 1.96. The molecule has 0 aliphatic heterocycles. The summed E-state index contributed by atoms with van der Waals surface area (Å²) >= 11 is 1.62. The zero-order valence-electron chi connectivity index (χ0n) is 9.68. The minimum Gasteiger partial charge on any atom is -0.438 e. The lowest BCUT2D eigenvalue weighted by Gasteiger charge is -2.09. The highest BCUT2D eigenvalue weighted by atomic mass is 32.2. The lowest BCUT2D eigenvalue weighted by Crippen LogP contribution is -1.98. The van der Waals surface area contributed by atoms with E-state index >= 15 is 0 Å². The van der Waals surface area contributed by atoms with Gasteiger partial charge in [-0.1, -0.05) is 12.1 Å². The lowest BCUT2D eigenvalue weighted by molar-refractivity contribution is 0.450. The minimum atomic E-state index is 0.411. The molecule has 4 nitrogen and oxygen atoms in total. The highest BCUT2D eigenvalue weighted by Gasteiger charge is 2.05. The van der Waals surface area contributed by atoms with E-state index in [4.69, 9.17) is 10.5 Å². The van der Waals surface area contributed by atoms with Gasteiger partial charge in [-0.05, 0) is 25.3 Å². The molecular weight excluding hydrogens is 234 g/mol. The van der Waals surface area contributed by atoms with Gasteiger partial charge in [0, 0.05) is 11.0 Å². The third-order valence-electron chi connectivity index (χ3n) is 2.12. The summed E-state index contributed by atoms with van der Waals surface area (Å²) in [7, 11) is 0. The molecule has 0 aliphatic carbocycles. The van der Waals surface area contributed by atoms with Gasteiger partial charge in [-0.25, -0.2) is 4.98 Å². The lowest BCUT2D eigenvalue weighted by atomic mass is 10.3. The second-order valence-corrected chi connectivity index (χ2v) is 4.28. The van der Waals surface area contributed by atoms with E-state index in [1.165, 1.54) is 0 Å². The molecule has 2 rings (SSSR count). The Labute approximate surface area is 104 Å². The molecule has 0 saturated heterocycles. The van der Waals surface area contributed by atoms with Crippen molar-refractivity contribution < 1.29 is 4.74 Å². The van der Waals surface area contributed by atoms with E-state index in [-0.39, 0.29) is 0 Å². The van der Waals surface area contributed by atoms with Gasteiger partial charge in [-0.2, -0.15) is 4.98 Å². The van der Waals surface area contributed by atoms with Crippen LogP contribution >= 0.6 is 11.8 Å². The molecule has 0 saturated carbocycles. The molecular formula is C12H13N3OS. The molecule has 0 radical (unpaired) electrons. The molecule has 1 aromatic carbocycles. The molecule has 1 heterocycles. The molecule has 88 valence electrons. The van der Waals surface area contributed by atoms with E-state index in [1.54, 1.807) is 24.8 Å². The highest BCUT2D eigenvalue weighted by Crippen LogP contribution is 2.30. The van der Waals surface area contributed by atoms with Crippen LogP contribution in [0.25, 0.3) is 0 Å². The first-order valence-corrected chi connectivity index (χ1v) is 6.33. The second-order valence-electron chi connectivity index (χ2n) is 3.43. The fourth-order valence-electron chi connectivity index (χ4n) is 1.43. The van der Waals surface area contributed by atoms with E-state index < -0.39 is 0 Å². The number of aromatic nitrogens is 2. The van der Waals surface area contributed by atoms with Crippen LogP contribution in [-0.2, 0) is 0 Å². The number of aryl methyl sites for hydroxylation is 1. The predicted octanol–water partition coefficient (Wildman–Crippen LogP) is 2.88. The summed E-state index contributed by atoms with van der Waals surface area (Å²) in [5.74, 6) is 2.25. The average Bonchev–Trinajstić information content (AvgIpc) is 2.28. The van der Waals surface area contributed by atoms with Crippen molar-refractivity contribution in [2.24, 2.45) is 0 Å².